The van der Waals surface area contributed by atoms with E-state index in [9.17, 15) is 4.39 Å². The van der Waals surface area contributed by atoms with Gasteiger partial charge in [0, 0.05) is 6.04 Å². The van der Waals surface area contributed by atoms with E-state index in [1.807, 2.05) is 31.3 Å². The van der Waals surface area contributed by atoms with Crippen LogP contribution in [0.25, 0.3) is 0 Å². The van der Waals surface area contributed by atoms with E-state index in [1.54, 1.807) is 12.1 Å². The number of rotatable bonds is 6. The van der Waals surface area contributed by atoms with Crippen LogP contribution >= 0.6 is 0 Å². The van der Waals surface area contributed by atoms with Gasteiger partial charge in [0.05, 0.1) is 7.11 Å². The zero-order valence-electron chi connectivity index (χ0n) is 12.8. The molecule has 0 fully saturated rings. The van der Waals surface area contributed by atoms with Crippen molar-refractivity contribution in [2.75, 3.05) is 14.2 Å². The van der Waals surface area contributed by atoms with Gasteiger partial charge in [-0.15, -0.1) is 0 Å². The summed E-state index contributed by atoms with van der Waals surface area (Å²) in [5.41, 5.74) is 2.25. The molecule has 2 aromatic rings. The van der Waals surface area contributed by atoms with E-state index in [4.69, 9.17) is 4.74 Å². The fourth-order valence-corrected chi connectivity index (χ4v) is 2.61. The highest BCUT2D eigenvalue weighted by Crippen LogP contribution is 2.24. The van der Waals surface area contributed by atoms with Crippen molar-refractivity contribution < 1.29 is 9.13 Å². The van der Waals surface area contributed by atoms with Gasteiger partial charge in [-0.3, -0.25) is 0 Å². The van der Waals surface area contributed by atoms with E-state index in [-0.39, 0.29) is 17.6 Å². The molecule has 2 unspecified atom stereocenters. The third kappa shape index (κ3) is 3.82. The summed E-state index contributed by atoms with van der Waals surface area (Å²) in [4.78, 5) is 0. The number of hydrogen-bond donors (Lipinski definition) is 1. The predicted octanol–water partition coefficient (Wildman–Crippen LogP) is 3.77. The molecule has 2 atom stereocenters. The molecule has 0 radical (unpaired) electrons. The molecule has 112 valence electrons. The van der Waals surface area contributed by atoms with Crippen LogP contribution in [-0.2, 0) is 6.42 Å². The highest BCUT2D eigenvalue weighted by molar-refractivity contribution is 5.30. The van der Waals surface area contributed by atoms with Gasteiger partial charge in [0.2, 0.25) is 0 Å². The molecular formula is C18H22FNO. The standard InChI is InChI=1S/C18H22FNO/c1-13(15-7-5-4-6-8-15)17(20-2)12-14-9-10-18(21-3)16(19)11-14/h4-11,13,17,20H,12H2,1-3H3. The van der Waals surface area contributed by atoms with E-state index >= 15 is 0 Å². The summed E-state index contributed by atoms with van der Waals surface area (Å²) in [6, 6.07) is 15.8. The number of likely N-dealkylation sites (N-methyl/N-ethyl adjacent to an activating group) is 1. The molecule has 0 heterocycles. The fraction of sp³-hybridized carbons (Fsp3) is 0.333. The van der Waals surface area contributed by atoms with Crippen LogP contribution in [0.4, 0.5) is 4.39 Å². The van der Waals surface area contributed by atoms with Crippen LogP contribution in [0.1, 0.15) is 24.0 Å². The lowest BCUT2D eigenvalue weighted by Crippen LogP contribution is -2.33. The van der Waals surface area contributed by atoms with Crippen LogP contribution in [0.15, 0.2) is 48.5 Å². The second-order valence-electron chi connectivity index (χ2n) is 5.27. The van der Waals surface area contributed by atoms with Gasteiger partial charge in [-0.2, -0.15) is 0 Å². The topological polar surface area (TPSA) is 21.3 Å². The molecule has 0 aliphatic carbocycles. The number of methoxy groups -OCH3 is 1. The molecule has 0 bridgehead atoms. The van der Waals surface area contributed by atoms with Gasteiger partial charge in [-0.25, -0.2) is 4.39 Å². The van der Waals surface area contributed by atoms with Crippen molar-refractivity contribution in [2.45, 2.75) is 25.3 Å². The van der Waals surface area contributed by atoms with Gasteiger partial charge < -0.3 is 10.1 Å². The Balaban J connectivity index is 2.14. The van der Waals surface area contributed by atoms with Crippen LogP contribution in [0, 0.1) is 5.82 Å². The smallest absolute Gasteiger partial charge is 0.165 e. The first-order chi connectivity index (χ1) is 10.2. The Bertz CT molecular complexity index is 571. The lowest BCUT2D eigenvalue weighted by Gasteiger charge is -2.24. The van der Waals surface area contributed by atoms with Gasteiger partial charge in [0.15, 0.2) is 11.6 Å². The highest BCUT2D eigenvalue weighted by atomic mass is 19.1. The highest BCUT2D eigenvalue weighted by Gasteiger charge is 2.18. The van der Waals surface area contributed by atoms with Crippen molar-refractivity contribution in [1.29, 1.82) is 0 Å². The second-order valence-corrected chi connectivity index (χ2v) is 5.27. The summed E-state index contributed by atoms with van der Waals surface area (Å²) in [5.74, 6) is 0.328. The fourth-order valence-electron chi connectivity index (χ4n) is 2.61. The predicted molar refractivity (Wildman–Crippen MR) is 84.4 cm³/mol. The van der Waals surface area contributed by atoms with E-state index in [1.165, 1.54) is 12.7 Å². The Hall–Kier alpha value is -1.87. The van der Waals surface area contributed by atoms with E-state index in [0.717, 1.165) is 12.0 Å². The van der Waals surface area contributed by atoms with Gasteiger partial charge in [-0.05, 0) is 42.6 Å². The number of benzene rings is 2. The quantitative estimate of drug-likeness (QED) is 0.873. The lowest BCUT2D eigenvalue weighted by molar-refractivity contribution is 0.385. The molecule has 0 amide bonds. The zero-order chi connectivity index (χ0) is 15.2. The minimum atomic E-state index is -0.308. The van der Waals surface area contributed by atoms with Crippen molar-refractivity contribution in [3.05, 3.63) is 65.5 Å². The van der Waals surface area contributed by atoms with E-state index in [0.29, 0.717) is 5.92 Å². The summed E-state index contributed by atoms with van der Waals surface area (Å²) >= 11 is 0. The SMILES string of the molecule is CNC(Cc1ccc(OC)c(F)c1)C(C)c1ccccc1. The molecule has 1 N–H and O–H groups in total. The molecule has 21 heavy (non-hydrogen) atoms. The van der Waals surface area contributed by atoms with Gasteiger partial charge in [0.1, 0.15) is 0 Å². The van der Waals surface area contributed by atoms with Gasteiger partial charge in [-0.1, -0.05) is 43.3 Å². The molecule has 3 heteroatoms. The lowest BCUT2D eigenvalue weighted by atomic mass is 9.89. The molecule has 2 nitrogen and oxygen atoms in total. The Labute approximate surface area is 126 Å². The number of halogens is 1. The third-order valence-electron chi connectivity index (χ3n) is 3.97. The molecule has 0 aromatic heterocycles. The first-order valence-corrected chi connectivity index (χ1v) is 7.20. The minimum absolute atomic E-state index is 0.250. The molecular weight excluding hydrogens is 265 g/mol. The Kier molecular flexibility index (Phi) is 5.34. The Morgan fingerprint density at radius 1 is 1.14 bits per heavy atom. The zero-order valence-corrected chi connectivity index (χ0v) is 12.8. The van der Waals surface area contributed by atoms with Crippen molar-refractivity contribution in [1.82, 2.24) is 5.32 Å². The number of hydrogen-bond acceptors (Lipinski definition) is 2. The van der Waals surface area contributed by atoms with Crippen molar-refractivity contribution in [3.63, 3.8) is 0 Å². The van der Waals surface area contributed by atoms with Gasteiger partial charge >= 0.3 is 0 Å². The molecule has 0 saturated heterocycles. The molecule has 0 aliphatic rings. The van der Waals surface area contributed by atoms with Crippen LogP contribution in [0.2, 0.25) is 0 Å². The normalized spacial score (nSPS) is 13.7. The number of nitrogens with one attached hydrogen (secondary N) is 1. The summed E-state index contributed by atoms with van der Waals surface area (Å²) in [5, 5.41) is 3.34. The average Bonchev–Trinajstić information content (AvgIpc) is 2.53. The number of ether oxygens (including phenoxy) is 1. The summed E-state index contributed by atoms with van der Waals surface area (Å²) in [7, 11) is 3.43. The van der Waals surface area contributed by atoms with Gasteiger partial charge in [0.25, 0.3) is 0 Å². The molecule has 0 aliphatic heterocycles. The van der Waals surface area contributed by atoms with Crippen LogP contribution in [0.3, 0.4) is 0 Å². The van der Waals surface area contributed by atoms with E-state index < -0.39 is 0 Å². The third-order valence-corrected chi connectivity index (χ3v) is 3.97. The first-order valence-electron chi connectivity index (χ1n) is 7.20. The van der Waals surface area contributed by atoms with E-state index in [2.05, 4.69) is 24.4 Å². The summed E-state index contributed by atoms with van der Waals surface area (Å²) < 4.78 is 18.7. The minimum Gasteiger partial charge on any atom is -0.494 e. The molecule has 0 spiro atoms. The molecule has 0 saturated carbocycles. The first kappa shape index (κ1) is 15.5. The summed E-state index contributed by atoms with van der Waals surface area (Å²) in [6.07, 6.45) is 0.771. The maximum atomic E-state index is 13.8. The maximum Gasteiger partial charge on any atom is 0.165 e. The van der Waals surface area contributed by atoms with Crippen molar-refractivity contribution >= 4 is 0 Å². The monoisotopic (exact) mass is 287 g/mol. The largest absolute Gasteiger partial charge is 0.494 e. The van der Waals surface area contributed by atoms with Crippen LogP contribution < -0.4 is 10.1 Å². The van der Waals surface area contributed by atoms with Crippen LogP contribution in [0.5, 0.6) is 5.75 Å². The Morgan fingerprint density at radius 3 is 2.43 bits per heavy atom. The molecule has 2 aromatic carbocycles. The Morgan fingerprint density at radius 2 is 1.86 bits per heavy atom. The van der Waals surface area contributed by atoms with Crippen LogP contribution in [-0.4, -0.2) is 20.2 Å². The maximum absolute atomic E-state index is 13.8. The van der Waals surface area contributed by atoms with Crippen molar-refractivity contribution in [3.8, 4) is 5.75 Å². The average molecular weight is 287 g/mol. The summed E-state index contributed by atoms with van der Waals surface area (Å²) in [6.45, 7) is 2.19. The second kappa shape index (κ2) is 7.23. The van der Waals surface area contributed by atoms with Crippen molar-refractivity contribution in [2.24, 2.45) is 0 Å². The molecule has 2 rings (SSSR count).